The normalized spacial score (nSPS) is 17.9. The Labute approximate surface area is 112 Å². The van der Waals surface area contributed by atoms with Crippen LogP contribution in [0.25, 0.3) is 11.0 Å². The number of hydrogen-bond donors (Lipinski definition) is 0. The fourth-order valence-electron chi connectivity index (χ4n) is 2.49. The first-order valence-electron chi connectivity index (χ1n) is 6.64. The first-order chi connectivity index (χ1) is 9.24. The van der Waals surface area contributed by atoms with E-state index in [1.807, 2.05) is 24.3 Å². The molecule has 1 aliphatic heterocycles. The van der Waals surface area contributed by atoms with Gasteiger partial charge >= 0.3 is 0 Å². The summed E-state index contributed by atoms with van der Waals surface area (Å²) in [4.78, 5) is 16.9. The molecule has 1 aromatic carbocycles. The molecule has 2 aromatic rings. The van der Waals surface area contributed by atoms with Crippen LogP contribution < -0.4 is 0 Å². The number of carbonyl (C=O) groups excluding carboxylic acids is 1. The van der Waals surface area contributed by atoms with E-state index in [4.69, 9.17) is 4.42 Å². The van der Waals surface area contributed by atoms with E-state index < -0.39 is 0 Å². The van der Waals surface area contributed by atoms with Crippen LogP contribution in [0, 0.1) is 0 Å². The fraction of sp³-hybridized carbons (Fsp3) is 0.400. The Morgan fingerprint density at radius 1 is 1.21 bits per heavy atom. The van der Waals surface area contributed by atoms with Crippen molar-refractivity contribution < 1.29 is 9.21 Å². The van der Waals surface area contributed by atoms with Gasteiger partial charge in [0.25, 0.3) is 0 Å². The maximum atomic E-state index is 12.4. The van der Waals surface area contributed by atoms with Gasteiger partial charge in [0.2, 0.25) is 0 Å². The average molecular weight is 258 g/mol. The van der Waals surface area contributed by atoms with Crippen molar-refractivity contribution in [2.24, 2.45) is 0 Å². The van der Waals surface area contributed by atoms with Crippen LogP contribution in [0.15, 0.2) is 34.9 Å². The monoisotopic (exact) mass is 258 g/mol. The third-order valence-electron chi connectivity index (χ3n) is 3.74. The first-order valence-corrected chi connectivity index (χ1v) is 6.64. The van der Waals surface area contributed by atoms with Crippen molar-refractivity contribution in [2.75, 3.05) is 39.8 Å². The molecule has 0 aliphatic carbocycles. The molecule has 0 atom stereocenters. The number of hydrogen-bond acceptors (Lipinski definition) is 4. The molecule has 2 heterocycles. The van der Waals surface area contributed by atoms with Gasteiger partial charge in [-0.1, -0.05) is 18.2 Å². The summed E-state index contributed by atoms with van der Waals surface area (Å²) >= 11 is 0. The van der Waals surface area contributed by atoms with Gasteiger partial charge < -0.3 is 9.32 Å². The predicted octanol–water partition coefficient (Wildman–Crippen LogP) is 1.86. The lowest BCUT2D eigenvalue weighted by atomic mass is 10.1. The summed E-state index contributed by atoms with van der Waals surface area (Å²) in [5.74, 6) is 0.148. The summed E-state index contributed by atoms with van der Waals surface area (Å²) in [6, 6.07) is 7.68. The number of benzene rings is 1. The van der Waals surface area contributed by atoms with Crippen LogP contribution in [-0.4, -0.2) is 55.4 Å². The molecule has 0 saturated carbocycles. The van der Waals surface area contributed by atoms with Gasteiger partial charge in [-0.2, -0.15) is 0 Å². The molecule has 100 valence electrons. The van der Waals surface area contributed by atoms with E-state index >= 15 is 0 Å². The molecule has 3 rings (SSSR count). The van der Waals surface area contributed by atoms with Crippen LogP contribution in [0.2, 0.25) is 0 Å². The zero-order valence-corrected chi connectivity index (χ0v) is 11.1. The first kappa shape index (κ1) is 12.4. The van der Waals surface area contributed by atoms with Crippen LogP contribution in [0.1, 0.15) is 10.4 Å². The quantitative estimate of drug-likeness (QED) is 0.787. The van der Waals surface area contributed by atoms with Gasteiger partial charge in [-0.15, -0.1) is 0 Å². The number of rotatable bonds is 3. The Balaban J connectivity index is 1.73. The zero-order chi connectivity index (χ0) is 13.2. The molecule has 0 bridgehead atoms. The number of piperazine rings is 1. The number of fused-ring (bicyclic) bond motifs is 1. The van der Waals surface area contributed by atoms with Gasteiger partial charge in [0.1, 0.15) is 11.8 Å². The molecular weight excluding hydrogens is 240 g/mol. The lowest BCUT2D eigenvalue weighted by Crippen LogP contribution is -2.46. The molecule has 0 spiro atoms. The fourth-order valence-corrected chi connectivity index (χ4v) is 2.49. The Bertz CT molecular complexity index is 583. The minimum Gasteiger partial charge on any atom is -0.464 e. The Hall–Kier alpha value is -1.65. The predicted molar refractivity (Wildman–Crippen MR) is 74.5 cm³/mol. The molecule has 0 N–H and O–H groups in total. The molecule has 4 heteroatoms. The number of Topliss-reactive ketones (excluding diaryl/α,β-unsaturated/α-hetero) is 1. The summed E-state index contributed by atoms with van der Waals surface area (Å²) in [7, 11) is 2.11. The molecule has 0 amide bonds. The van der Waals surface area contributed by atoms with Gasteiger partial charge in [-0.05, 0) is 13.1 Å². The minimum absolute atomic E-state index is 0.148. The van der Waals surface area contributed by atoms with Gasteiger partial charge in [0.15, 0.2) is 5.78 Å². The van der Waals surface area contributed by atoms with Crippen molar-refractivity contribution in [1.29, 1.82) is 0 Å². The van der Waals surface area contributed by atoms with Gasteiger partial charge in [-0.25, -0.2) is 0 Å². The Morgan fingerprint density at radius 2 is 1.95 bits per heavy atom. The van der Waals surface area contributed by atoms with Crippen molar-refractivity contribution in [2.45, 2.75) is 0 Å². The maximum Gasteiger partial charge on any atom is 0.180 e. The number of nitrogens with zero attached hydrogens (tertiary/aromatic N) is 2. The van der Waals surface area contributed by atoms with Crippen LogP contribution in [0.5, 0.6) is 0 Å². The summed E-state index contributed by atoms with van der Waals surface area (Å²) in [5.41, 5.74) is 1.48. The smallest absolute Gasteiger partial charge is 0.180 e. The highest BCUT2D eigenvalue weighted by atomic mass is 16.3. The molecule has 1 saturated heterocycles. The van der Waals surface area contributed by atoms with Gasteiger partial charge in [0.05, 0.1) is 12.1 Å². The summed E-state index contributed by atoms with van der Waals surface area (Å²) in [6.45, 7) is 4.45. The molecular formula is C15H18N2O2. The molecule has 1 fully saturated rings. The van der Waals surface area contributed by atoms with Crippen molar-refractivity contribution in [3.8, 4) is 0 Å². The van der Waals surface area contributed by atoms with E-state index in [9.17, 15) is 4.79 Å². The maximum absolute atomic E-state index is 12.4. The molecule has 1 aromatic heterocycles. The van der Waals surface area contributed by atoms with Crippen molar-refractivity contribution in [3.05, 3.63) is 36.1 Å². The third-order valence-corrected chi connectivity index (χ3v) is 3.74. The van der Waals surface area contributed by atoms with E-state index in [0.29, 0.717) is 12.1 Å². The Morgan fingerprint density at radius 3 is 2.74 bits per heavy atom. The van der Waals surface area contributed by atoms with E-state index in [2.05, 4.69) is 16.8 Å². The standard InChI is InChI=1S/C15H18N2O2/c1-16-6-8-17(9-7-16)10-14(18)13-11-19-15-5-3-2-4-12(13)15/h2-5,11H,6-10H2,1H3. The highest BCUT2D eigenvalue weighted by Crippen LogP contribution is 2.21. The van der Waals surface area contributed by atoms with Crippen molar-refractivity contribution in [3.63, 3.8) is 0 Å². The van der Waals surface area contributed by atoms with E-state index in [1.165, 1.54) is 0 Å². The second-order valence-corrected chi connectivity index (χ2v) is 5.15. The molecule has 4 nitrogen and oxygen atoms in total. The van der Waals surface area contributed by atoms with Crippen LogP contribution in [0.4, 0.5) is 0 Å². The van der Waals surface area contributed by atoms with E-state index in [1.54, 1.807) is 6.26 Å². The number of ketones is 1. The van der Waals surface area contributed by atoms with Crippen molar-refractivity contribution in [1.82, 2.24) is 9.80 Å². The minimum atomic E-state index is 0.148. The SMILES string of the molecule is CN1CCN(CC(=O)c2coc3ccccc23)CC1. The highest BCUT2D eigenvalue weighted by molar-refractivity contribution is 6.08. The number of para-hydroxylation sites is 1. The van der Waals surface area contributed by atoms with Crippen LogP contribution in [0.3, 0.4) is 0 Å². The lowest BCUT2D eigenvalue weighted by molar-refractivity contribution is 0.0877. The highest BCUT2D eigenvalue weighted by Gasteiger charge is 2.19. The second kappa shape index (κ2) is 5.15. The third kappa shape index (κ3) is 2.55. The summed E-state index contributed by atoms with van der Waals surface area (Å²) in [6.07, 6.45) is 1.59. The van der Waals surface area contributed by atoms with E-state index in [-0.39, 0.29) is 5.78 Å². The zero-order valence-electron chi connectivity index (χ0n) is 11.1. The molecule has 0 unspecified atom stereocenters. The molecule has 19 heavy (non-hydrogen) atoms. The van der Waals surface area contributed by atoms with Crippen LogP contribution >= 0.6 is 0 Å². The van der Waals surface area contributed by atoms with E-state index in [0.717, 1.165) is 37.1 Å². The van der Waals surface area contributed by atoms with Crippen molar-refractivity contribution >= 4 is 16.8 Å². The van der Waals surface area contributed by atoms with Crippen LogP contribution in [-0.2, 0) is 0 Å². The molecule has 1 aliphatic rings. The number of likely N-dealkylation sites (N-methyl/N-ethyl adjacent to an activating group) is 1. The second-order valence-electron chi connectivity index (χ2n) is 5.15. The topological polar surface area (TPSA) is 36.7 Å². The average Bonchev–Trinajstić information content (AvgIpc) is 2.85. The number of furan rings is 1. The van der Waals surface area contributed by atoms with Gasteiger partial charge in [0, 0.05) is 31.6 Å². The number of carbonyl (C=O) groups is 1. The van der Waals surface area contributed by atoms with Gasteiger partial charge in [-0.3, -0.25) is 9.69 Å². The largest absolute Gasteiger partial charge is 0.464 e. The summed E-state index contributed by atoms with van der Waals surface area (Å²) < 4.78 is 5.43. The summed E-state index contributed by atoms with van der Waals surface area (Å²) in [5, 5.41) is 0.918. The Kier molecular flexibility index (Phi) is 3.36. The molecule has 0 radical (unpaired) electrons. The lowest BCUT2D eigenvalue weighted by Gasteiger charge is -2.31.